The molecule has 3 saturated heterocycles. The van der Waals surface area contributed by atoms with Crippen molar-refractivity contribution >= 4 is 0 Å². The van der Waals surface area contributed by atoms with Crippen molar-refractivity contribution in [2.75, 3.05) is 52.4 Å². The maximum absolute atomic E-state index is 3.28. The predicted octanol–water partition coefficient (Wildman–Crippen LogP) is 1.26. The van der Waals surface area contributed by atoms with Crippen molar-refractivity contribution in [2.24, 2.45) is 0 Å². The quantitative estimate of drug-likeness (QED) is 0.505. The summed E-state index contributed by atoms with van der Waals surface area (Å²) in [4.78, 5) is 0. The summed E-state index contributed by atoms with van der Waals surface area (Å²) in [5, 5.41) is 12.7. The zero-order valence-electron chi connectivity index (χ0n) is 13.1. The highest BCUT2D eigenvalue weighted by atomic mass is 14.9. The molecular formula is C16H34N4. The summed E-state index contributed by atoms with van der Waals surface area (Å²) >= 11 is 0. The largest absolute Gasteiger partial charge is 0.317 e. The van der Waals surface area contributed by atoms with Gasteiger partial charge in [0.2, 0.25) is 0 Å². The van der Waals surface area contributed by atoms with Gasteiger partial charge < -0.3 is 21.3 Å². The summed E-state index contributed by atoms with van der Waals surface area (Å²) in [6.45, 7) is 9.64. The normalized spacial score (nSPS) is 23.2. The monoisotopic (exact) mass is 282 g/mol. The first-order valence-electron chi connectivity index (χ1n) is 8.48. The van der Waals surface area contributed by atoms with Crippen molar-refractivity contribution in [2.45, 2.75) is 38.5 Å². The van der Waals surface area contributed by atoms with Gasteiger partial charge in [0.05, 0.1) is 0 Å². The highest BCUT2D eigenvalue weighted by molar-refractivity contribution is 4.92. The molecule has 0 aliphatic carbocycles. The lowest BCUT2D eigenvalue weighted by atomic mass is 10.2. The van der Waals surface area contributed by atoms with E-state index in [0.29, 0.717) is 0 Å². The van der Waals surface area contributed by atoms with Crippen LogP contribution in [0.2, 0.25) is 0 Å². The van der Waals surface area contributed by atoms with Crippen LogP contribution in [0.15, 0.2) is 12.2 Å². The van der Waals surface area contributed by atoms with Gasteiger partial charge in [-0.1, -0.05) is 18.6 Å². The van der Waals surface area contributed by atoms with Crippen LogP contribution >= 0.6 is 0 Å². The van der Waals surface area contributed by atoms with E-state index in [4.69, 9.17) is 0 Å². The van der Waals surface area contributed by atoms with Crippen molar-refractivity contribution in [3.63, 3.8) is 0 Å². The zero-order valence-corrected chi connectivity index (χ0v) is 13.1. The third kappa shape index (κ3) is 12.6. The lowest BCUT2D eigenvalue weighted by molar-refractivity contribution is 0.520. The van der Waals surface area contributed by atoms with E-state index in [1.165, 1.54) is 77.8 Å². The first-order chi connectivity index (χ1) is 10.0. The number of rotatable bonds is 0. The average Bonchev–Trinajstić information content (AvgIpc) is 3.18. The summed E-state index contributed by atoms with van der Waals surface area (Å²) in [5.41, 5.74) is 0. The Morgan fingerprint density at radius 3 is 0.900 bits per heavy atom. The van der Waals surface area contributed by atoms with Gasteiger partial charge in [-0.3, -0.25) is 0 Å². The smallest absolute Gasteiger partial charge is 0.0138 e. The Bertz CT molecular complexity index is 177. The van der Waals surface area contributed by atoms with Gasteiger partial charge >= 0.3 is 0 Å². The molecule has 0 atom stereocenters. The van der Waals surface area contributed by atoms with Crippen molar-refractivity contribution in [3.8, 4) is 0 Å². The van der Waals surface area contributed by atoms with Crippen molar-refractivity contribution in [1.82, 2.24) is 21.3 Å². The molecule has 118 valence electrons. The molecule has 3 fully saturated rings. The van der Waals surface area contributed by atoms with Crippen molar-refractivity contribution < 1.29 is 0 Å². The number of hydrogen-bond acceptors (Lipinski definition) is 4. The summed E-state index contributed by atoms with van der Waals surface area (Å²) < 4.78 is 0. The topological polar surface area (TPSA) is 48.1 Å². The fourth-order valence-electron chi connectivity index (χ4n) is 2.02. The Morgan fingerprint density at radius 1 is 0.400 bits per heavy atom. The molecule has 4 aliphatic heterocycles. The van der Waals surface area contributed by atoms with E-state index in [2.05, 4.69) is 33.4 Å². The molecule has 4 aliphatic rings. The maximum atomic E-state index is 3.28. The van der Waals surface area contributed by atoms with E-state index in [1.807, 2.05) is 0 Å². The standard InChI is InChI=1S/C5H11N.C4H9N.C4H7N.C3H7N/c1-2-4-6-5-3-1;2*1-2-4-5-3-1;1-2-4-3-1/h6H,1-5H2;5H,1-4H2;1-2,5H,3-4H2;4H,1-3H2. The van der Waals surface area contributed by atoms with E-state index in [1.54, 1.807) is 0 Å². The van der Waals surface area contributed by atoms with Crippen molar-refractivity contribution in [1.29, 1.82) is 0 Å². The predicted molar refractivity (Wildman–Crippen MR) is 88.3 cm³/mol. The Morgan fingerprint density at radius 2 is 0.750 bits per heavy atom. The van der Waals surface area contributed by atoms with Gasteiger partial charge in [-0.15, -0.1) is 0 Å². The minimum Gasteiger partial charge on any atom is -0.317 e. The second-order valence-corrected chi connectivity index (χ2v) is 5.50. The summed E-state index contributed by atoms with van der Waals surface area (Å²) in [6, 6.07) is 0. The lowest BCUT2D eigenvalue weighted by Gasteiger charge is -2.09. The van der Waals surface area contributed by atoms with Crippen LogP contribution in [0.5, 0.6) is 0 Å². The molecule has 0 radical (unpaired) electrons. The Labute approximate surface area is 125 Å². The van der Waals surface area contributed by atoms with E-state index in [-0.39, 0.29) is 0 Å². The lowest BCUT2D eigenvalue weighted by Crippen LogP contribution is -2.29. The molecule has 0 aromatic rings. The molecule has 0 aromatic heterocycles. The van der Waals surface area contributed by atoms with Gasteiger partial charge in [0.15, 0.2) is 0 Å². The highest BCUT2D eigenvalue weighted by Gasteiger charge is 1.94. The molecular weight excluding hydrogens is 248 g/mol. The zero-order chi connectivity index (χ0) is 14.1. The van der Waals surface area contributed by atoms with Crippen LogP contribution in [0.4, 0.5) is 0 Å². The summed E-state index contributed by atoms with van der Waals surface area (Å²) in [7, 11) is 0. The van der Waals surface area contributed by atoms with E-state index < -0.39 is 0 Å². The first kappa shape index (κ1) is 17.6. The van der Waals surface area contributed by atoms with Gasteiger partial charge in [-0.2, -0.15) is 0 Å². The van der Waals surface area contributed by atoms with Crippen molar-refractivity contribution in [3.05, 3.63) is 12.2 Å². The molecule has 4 rings (SSSR count). The van der Waals surface area contributed by atoms with Crippen LogP contribution in [0.25, 0.3) is 0 Å². The molecule has 0 aromatic carbocycles. The Hall–Kier alpha value is -0.420. The molecule has 0 bridgehead atoms. The maximum Gasteiger partial charge on any atom is 0.0138 e. The highest BCUT2D eigenvalue weighted by Crippen LogP contribution is 1.96. The van der Waals surface area contributed by atoms with Gasteiger partial charge in [0.1, 0.15) is 0 Å². The van der Waals surface area contributed by atoms with Crippen LogP contribution in [0.3, 0.4) is 0 Å². The third-order valence-corrected chi connectivity index (χ3v) is 3.56. The van der Waals surface area contributed by atoms with Crippen LogP contribution in [0.1, 0.15) is 38.5 Å². The van der Waals surface area contributed by atoms with Gasteiger partial charge in [0, 0.05) is 13.1 Å². The van der Waals surface area contributed by atoms with Gasteiger partial charge in [-0.05, 0) is 71.4 Å². The molecule has 4 heterocycles. The average molecular weight is 282 g/mol. The SMILES string of the molecule is C1=CCNC1.C1CCNC1.C1CCNCC1.C1CNC1. The van der Waals surface area contributed by atoms with E-state index in [9.17, 15) is 0 Å². The van der Waals surface area contributed by atoms with Crippen LogP contribution < -0.4 is 21.3 Å². The molecule has 4 N–H and O–H groups in total. The number of piperidine rings is 1. The Kier molecular flexibility index (Phi) is 13.2. The molecule has 0 saturated carbocycles. The van der Waals surface area contributed by atoms with Crippen LogP contribution in [-0.2, 0) is 0 Å². The first-order valence-corrected chi connectivity index (χ1v) is 8.48. The van der Waals surface area contributed by atoms with Gasteiger partial charge in [0.25, 0.3) is 0 Å². The van der Waals surface area contributed by atoms with Crippen LogP contribution in [-0.4, -0.2) is 52.4 Å². The minimum atomic E-state index is 1.07. The molecule has 0 amide bonds. The van der Waals surface area contributed by atoms with E-state index in [0.717, 1.165) is 13.1 Å². The summed E-state index contributed by atoms with van der Waals surface area (Å²) in [6.07, 6.45) is 12.6. The molecule has 0 spiro atoms. The number of nitrogens with one attached hydrogen (secondary N) is 4. The molecule has 0 unspecified atom stereocenters. The van der Waals surface area contributed by atoms with E-state index >= 15 is 0 Å². The fraction of sp³-hybridized carbons (Fsp3) is 0.875. The van der Waals surface area contributed by atoms with Crippen LogP contribution in [0, 0.1) is 0 Å². The summed E-state index contributed by atoms with van der Waals surface area (Å²) in [5.74, 6) is 0. The fourth-order valence-corrected chi connectivity index (χ4v) is 2.02. The Balaban J connectivity index is 0.000000135. The molecule has 4 nitrogen and oxygen atoms in total. The second kappa shape index (κ2) is 15.0. The molecule has 20 heavy (non-hydrogen) atoms. The van der Waals surface area contributed by atoms with Gasteiger partial charge in [-0.25, -0.2) is 0 Å². The third-order valence-electron chi connectivity index (χ3n) is 3.56. The minimum absolute atomic E-state index is 1.07. The molecule has 4 heteroatoms. The number of hydrogen-bond donors (Lipinski definition) is 4. The second-order valence-electron chi connectivity index (χ2n) is 5.50.